The fraction of sp³-hybridized carbons (Fsp3) is 0.400. The van der Waals surface area contributed by atoms with Gasteiger partial charge in [0, 0.05) is 17.0 Å². The highest BCUT2D eigenvalue weighted by molar-refractivity contribution is 8.57. The van der Waals surface area contributed by atoms with Crippen molar-refractivity contribution < 1.29 is 13.6 Å². The van der Waals surface area contributed by atoms with Gasteiger partial charge in [0.25, 0.3) is 0 Å². The first kappa shape index (κ1) is 15.4. The third-order valence-electron chi connectivity index (χ3n) is 1.76. The average molecular weight is 313 g/mol. The van der Waals surface area contributed by atoms with E-state index in [0.29, 0.717) is 16.7 Å². The molecule has 0 bridgehead atoms. The molecule has 1 aromatic rings. The second-order valence-corrected chi connectivity index (χ2v) is 8.92. The maximum absolute atomic E-state index is 11.9. The summed E-state index contributed by atoms with van der Waals surface area (Å²) in [6.07, 6.45) is 0. The summed E-state index contributed by atoms with van der Waals surface area (Å²) in [5.74, 6) is 0. The topological polar surface area (TPSA) is 35.5 Å². The SMILES string of the molecule is CCOP(=O)(OC)SCSc1ccc(Cl)cc1. The molecule has 0 amide bonds. The molecule has 96 valence electrons. The molecule has 1 rings (SSSR count). The highest BCUT2D eigenvalue weighted by atomic mass is 35.5. The van der Waals surface area contributed by atoms with Gasteiger partial charge in [0.15, 0.2) is 0 Å². The van der Waals surface area contributed by atoms with Crippen molar-refractivity contribution in [3.8, 4) is 0 Å². The average Bonchev–Trinajstić information content (AvgIpc) is 2.32. The number of rotatable bonds is 7. The number of hydrogen-bond acceptors (Lipinski definition) is 5. The second-order valence-electron chi connectivity index (χ2n) is 2.89. The van der Waals surface area contributed by atoms with Crippen LogP contribution in [0.25, 0.3) is 0 Å². The Balaban J connectivity index is 2.41. The first-order valence-corrected chi connectivity index (χ1v) is 9.42. The van der Waals surface area contributed by atoms with Gasteiger partial charge in [0.2, 0.25) is 0 Å². The molecule has 0 aliphatic rings. The van der Waals surface area contributed by atoms with Gasteiger partial charge in [-0.15, -0.1) is 11.8 Å². The molecule has 7 heteroatoms. The van der Waals surface area contributed by atoms with Gasteiger partial charge in [-0.3, -0.25) is 0 Å². The van der Waals surface area contributed by atoms with Gasteiger partial charge in [-0.2, -0.15) is 0 Å². The van der Waals surface area contributed by atoms with Crippen LogP contribution in [0.1, 0.15) is 6.92 Å². The summed E-state index contributed by atoms with van der Waals surface area (Å²) in [6, 6.07) is 7.50. The molecule has 17 heavy (non-hydrogen) atoms. The molecule has 1 unspecified atom stereocenters. The van der Waals surface area contributed by atoms with Gasteiger partial charge in [0.05, 0.1) is 11.7 Å². The third kappa shape index (κ3) is 5.69. The quantitative estimate of drug-likeness (QED) is 0.406. The fourth-order valence-corrected chi connectivity index (χ4v) is 5.81. The van der Waals surface area contributed by atoms with Crippen molar-refractivity contribution in [3.63, 3.8) is 0 Å². The van der Waals surface area contributed by atoms with Crippen molar-refractivity contribution in [2.75, 3.05) is 18.8 Å². The fourth-order valence-electron chi connectivity index (χ4n) is 0.991. The molecular weight excluding hydrogens is 299 g/mol. The van der Waals surface area contributed by atoms with Crippen LogP contribution in [0, 0.1) is 0 Å². The minimum absolute atomic E-state index is 0.379. The van der Waals surface area contributed by atoms with Crippen LogP contribution in [0.4, 0.5) is 0 Å². The van der Waals surface area contributed by atoms with Crippen LogP contribution in [-0.2, 0) is 13.6 Å². The van der Waals surface area contributed by atoms with E-state index in [-0.39, 0.29) is 0 Å². The normalized spacial score (nSPS) is 14.5. The van der Waals surface area contributed by atoms with Gasteiger partial charge in [0.1, 0.15) is 0 Å². The van der Waals surface area contributed by atoms with Crippen LogP contribution in [0.15, 0.2) is 29.2 Å². The number of hydrogen-bond donors (Lipinski definition) is 0. The van der Waals surface area contributed by atoms with Gasteiger partial charge in [-0.1, -0.05) is 11.6 Å². The van der Waals surface area contributed by atoms with Gasteiger partial charge >= 0.3 is 6.80 Å². The van der Waals surface area contributed by atoms with Crippen molar-refractivity contribution in [3.05, 3.63) is 29.3 Å². The standard InChI is InChI=1S/C10H14ClO3PS2/c1-3-14-15(12,13-2)17-8-16-10-6-4-9(11)5-7-10/h4-7H,3,8H2,1-2H3. The summed E-state index contributed by atoms with van der Waals surface area (Å²) >= 11 is 8.54. The molecular formula is C10H14ClO3PS2. The summed E-state index contributed by atoms with van der Waals surface area (Å²) in [4.78, 5) is 1.07. The van der Waals surface area contributed by atoms with E-state index in [2.05, 4.69) is 0 Å². The lowest BCUT2D eigenvalue weighted by Gasteiger charge is -2.13. The molecule has 1 aromatic carbocycles. The lowest BCUT2D eigenvalue weighted by Crippen LogP contribution is -1.88. The first-order chi connectivity index (χ1) is 8.09. The number of benzene rings is 1. The molecule has 0 aromatic heterocycles. The monoisotopic (exact) mass is 312 g/mol. The Labute approximate surface area is 115 Å². The Morgan fingerprint density at radius 2 is 2.00 bits per heavy atom. The molecule has 0 aliphatic heterocycles. The molecule has 0 N–H and O–H groups in total. The smallest absolute Gasteiger partial charge is 0.304 e. The Hall–Kier alpha value is 0.360. The van der Waals surface area contributed by atoms with Gasteiger partial charge in [-0.05, 0) is 42.6 Å². The zero-order valence-electron chi connectivity index (χ0n) is 9.59. The van der Waals surface area contributed by atoms with E-state index in [1.807, 2.05) is 24.3 Å². The van der Waals surface area contributed by atoms with Crippen LogP contribution in [0.5, 0.6) is 0 Å². The Morgan fingerprint density at radius 3 is 2.53 bits per heavy atom. The molecule has 0 saturated heterocycles. The summed E-state index contributed by atoms with van der Waals surface area (Å²) in [5.41, 5.74) is 0. The Kier molecular flexibility index (Phi) is 7.00. The van der Waals surface area contributed by atoms with E-state index in [0.717, 1.165) is 4.90 Å². The first-order valence-electron chi connectivity index (χ1n) is 4.93. The maximum Gasteiger partial charge on any atom is 0.389 e. The van der Waals surface area contributed by atoms with Crippen LogP contribution in [0.3, 0.4) is 0 Å². The molecule has 3 nitrogen and oxygen atoms in total. The lowest BCUT2D eigenvalue weighted by molar-refractivity contribution is 0.262. The zero-order chi connectivity index (χ0) is 12.7. The van der Waals surface area contributed by atoms with Crippen molar-refractivity contribution in [1.82, 2.24) is 0 Å². The third-order valence-corrected chi connectivity index (χ3v) is 7.51. The molecule has 0 heterocycles. The lowest BCUT2D eigenvalue weighted by atomic mass is 10.4. The van der Waals surface area contributed by atoms with Crippen LogP contribution in [0.2, 0.25) is 5.02 Å². The van der Waals surface area contributed by atoms with Crippen molar-refractivity contribution >= 4 is 41.5 Å². The summed E-state index contributed by atoms with van der Waals surface area (Å²) in [5, 5.41) is 1.31. The minimum atomic E-state index is -2.98. The van der Waals surface area contributed by atoms with Crippen molar-refractivity contribution in [2.24, 2.45) is 0 Å². The molecule has 0 spiro atoms. The molecule has 1 atom stereocenters. The van der Waals surface area contributed by atoms with E-state index < -0.39 is 6.80 Å². The highest BCUT2D eigenvalue weighted by Gasteiger charge is 2.22. The van der Waals surface area contributed by atoms with Crippen LogP contribution < -0.4 is 0 Å². The molecule has 0 saturated carbocycles. The largest absolute Gasteiger partial charge is 0.389 e. The van der Waals surface area contributed by atoms with E-state index in [1.165, 1.54) is 18.5 Å². The second kappa shape index (κ2) is 7.72. The Bertz CT molecular complexity index is 386. The minimum Gasteiger partial charge on any atom is -0.304 e. The van der Waals surface area contributed by atoms with Crippen LogP contribution in [-0.4, -0.2) is 18.8 Å². The predicted octanol–water partition coefficient (Wildman–Crippen LogP) is 4.91. The highest BCUT2D eigenvalue weighted by Crippen LogP contribution is 2.61. The predicted molar refractivity (Wildman–Crippen MR) is 76.0 cm³/mol. The Morgan fingerprint density at radius 1 is 1.35 bits per heavy atom. The molecule has 0 radical (unpaired) electrons. The van der Waals surface area contributed by atoms with Crippen molar-refractivity contribution in [1.29, 1.82) is 0 Å². The molecule has 0 fully saturated rings. The summed E-state index contributed by atoms with van der Waals surface area (Å²) in [7, 11) is 1.40. The number of thioether (sulfide) groups is 1. The van der Waals surface area contributed by atoms with E-state index in [9.17, 15) is 4.57 Å². The van der Waals surface area contributed by atoms with E-state index >= 15 is 0 Å². The molecule has 0 aliphatic carbocycles. The van der Waals surface area contributed by atoms with E-state index in [1.54, 1.807) is 18.7 Å². The number of halogens is 1. The summed E-state index contributed by atoms with van der Waals surface area (Å²) < 4.78 is 21.9. The van der Waals surface area contributed by atoms with Gasteiger partial charge < -0.3 is 9.05 Å². The zero-order valence-corrected chi connectivity index (χ0v) is 12.9. The van der Waals surface area contributed by atoms with Crippen molar-refractivity contribution in [2.45, 2.75) is 11.8 Å². The van der Waals surface area contributed by atoms with Crippen LogP contribution >= 0.6 is 41.5 Å². The van der Waals surface area contributed by atoms with E-state index in [4.69, 9.17) is 20.6 Å². The summed E-state index contributed by atoms with van der Waals surface area (Å²) in [6.45, 7) is -0.808. The van der Waals surface area contributed by atoms with Gasteiger partial charge in [-0.25, -0.2) is 4.57 Å². The maximum atomic E-state index is 11.9.